The lowest BCUT2D eigenvalue weighted by Gasteiger charge is -2.13. The number of carbonyl (C=O) groups is 1. The molecule has 1 N–H and O–H groups in total. The van der Waals surface area contributed by atoms with Crippen LogP contribution in [0.25, 0.3) is 17.2 Å². The number of carbonyl (C=O) groups excluding carboxylic acids is 1. The fraction of sp³-hybridized carbons (Fsp3) is 0.391. The summed E-state index contributed by atoms with van der Waals surface area (Å²) >= 11 is 0. The average molecular weight is 435 g/mol. The first kappa shape index (κ1) is 20.4. The Labute approximate surface area is 185 Å². The molecule has 1 aliphatic carbocycles. The van der Waals surface area contributed by atoms with Crippen molar-refractivity contribution in [1.82, 2.24) is 25.1 Å². The number of nitrogens with zero attached hydrogens (tertiary/aromatic N) is 4. The van der Waals surface area contributed by atoms with Gasteiger partial charge in [-0.2, -0.15) is 5.10 Å². The van der Waals surface area contributed by atoms with E-state index in [1.165, 1.54) is 0 Å². The van der Waals surface area contributed by atoms with Crippen molar-refractivity contribution in [2.24, 2.45) is 0 Å². The summed E-state index contributed by atoms with van der Waals surface area (Å²) in [5.41, 5.74) is 2.90. The predicted octanol–water partition coefficient (Wildman–Crippen LogP) is 2.74. The second-order valence-corrected chi connectivity index (χ2v) is 7.97. The van der Waals surface area contributed by atoms with Gasteiger partial charge >= 0.3 is 0 Å². The normalized spacial score (nSPS) is 17.9. The zero-order valence-corrected chi connectivity index (χ0v) is 18.1. The fourth-order valence-electron chi connectivity index (χ4n) is 3.97. The summed E-state index contributed by atoms with van der Waals surface area (Å²) < 4.78 is 17.9. The van der Waals surface area contributed by atoms with Crippen LogP contribution in [0, 0.1) is 0 Å². The fourth-order valence-corrected chi connectivity index (χ4v) is 3.97. The second-order valence-electron chi connectivity index (χ2n) is 7.97. The van der Waals surface area contributed by atoms with Crippen LogP contribution in [0.5, 0.6) is 11.5 Å². The van der Waals surface area contributed by atoms with E-state index in [1.807, 2.05) is 24.3 Å². The molecule has 32 heavy (non-hydrogen) atoms. The van der Waals surface area contributed by atoms with E-state index in [-0.39, 0.29) is 17.9 Å². The summed E-state index contributed by atoms with van der Waals surface area (Å²) in [5, 5.41) is 7.56. The quantitative estimate of drug-likeness (QED) is 0.609. The number of rotatable bonds is 7. The Morgan fingerprint density at radius 3 is 2.78 bits per heavy atom. The topological polar surface area (TPSA) is 100 Å². The summed E-state index contributed by atoms with van der Waals surface area (Å²) in [6.07, 6.45) is 6.15. The van der Waals surface area contributed by atoms with Gasteiger partial charge in [-0.05, 0) is 43.5 Å². The number of nitrogens with one attached hydrogen (secondary N) is 1. The first-order chi connectivity index (χ1) is 15.7. The van der Waals surface area contributed by atoms with Gasteiger partial charge in [0.1, 0.15) is 11.5 Å². The predicted molar refractivity (Wildman–Crippen MR) is 116 cm³/mol. The molecule has 5 rings (SSSR count). The molecule has 0 radical (unpaired) electrons. The maximum atomic E-state index is 12.9. The molecule has 1 amide bonds. The number of hydrogen-bond donors (Lipinski definition) is 1. The summed E-state index contributed by atoms with van der Waals surface area (Å²) in [6.45, 7) is 1.22. The molecular formula is C23H25N5O4. The first-order valence-electron chi connectivity index (χ1n) is 10.7. The van der Waals surface area contributed by atoms with Crippen LogP contribution in [0.4, 0.5) is 0 Å². The molecule has 2 fully saturated rings. The van der Waals surface area contributed by atoms with Gasteiger partial charge in [0, 0.05) is 24.3 Å². The van der Waals surface area contributed by atoms with E-state index in [0.29, 0.717) is 41.9 Å². The van der Waals surface area contributed by atoms with E-state index < -0.39 is 0 Å². The van der Waals surface area contributed by atoms with Crippen molar-refractivity contribution in [3.05, 3.63) is 47.9 Å². The molecule has 166 valence electrons. The van der Waals surface area contributed by atoms with Crippen LogP contribution in [0.2, 0.25) is 0 Å². The first-order valence-corrected chi connectivity index (χ1v) is 10.7. The lowest BCUT2D eigenvalue weighted by atomic mass is 10.1. The zero-order chi connectivity index (χ0) is 22.1. The third-order valence-corrected chi connectivity index (χ3v) is 5.79. The maximum Gasteiger partial charge on any atom is 0.255 e. The Balaban J connectivity index is 1.51. The standard InChI is InChI=1S/C23H25N5O4/c1-30-16-5-6-20(31-2)17(11-16)19-7-9-24-23(27-19)28-21(14-3-4-14)18(12-25-28)22(29)26-15-8-10-32-13-15/h5-7,9,11-12,14-15H,3-4,8,10,13H2,1-2H3,(H,26,29)/t15-/m1/s1. The van der Waals surface area contributed by atoms with E-state index >= 15 is 0 Å². The minimum Gasteiger partial charge on any atom is -0.497 e. The van der Waals surface area contributed by atoms with Crippen LogP contribution in [0.1, 0.15) is 41.2 Å². The van der Waals surface area contributed by atoms with Gasteiger partial charge in [0.05, 0.1) is 50.0 Å². The minimum absolute atomic E-state index is 0.0398. The Bertz CT molecular complexity index is 1140. The Kier molecular flexibility index (Phi) is 5.48. The van der Waals surface area contributed by atoms with Gasteiger partial charge in [-0.3, -0.25) is 4.79 Å². The van der Waals surface area contributed by atoms with Gasteiger partial charge in [-0.15, -0.1) is 0 Å². The van der Waals surface area contributed by atoms with Crippen molar-refractivity contribution >= 4 is 5.91 Å². The third-order valence-electron chi connectivity index (χ3n) is 5.79. The second kappa shape index (κ2) is 8.58. The minimum atomic E-state index is -0.126. The van der Waals surface area contributed by atoms with Crippen molar-refractivity contribution in [2.45, 2.75) is 31.2 Å². The molecule has 0 bridgehead atoms. The lowest BCUT2D eigenvalue weighted by molar-refractivity contribution is 0.0929. The molecule has 1 saturated carbocycles. The van der Waals surface area contributed by atoms with Gasteiger partial charge in [0.15, 0.2) is 0 Å². The highest BCUT2D eigenvalue weighted by atomic mass is 16.5. The molecule has 3 heterocycles. The van der Waals surface area contributed by atoms with E-state index in [9.17, 15) is 4.79 Å². The summed E-state index contributed by atoms with van der Waals surface area (Å²) in [7, 11) is 3.24. The number of methoxy groups -OCH3 is 2. The van der Waals surface area contributed by atoms with Gasteiger partial charge in [-0.1, -0.05) is 0 Å². The number of aromatic nitrogens is 4. The Morgan fingerprint density at radius 2 is 2.06 bits per heavy atom. The molecule has 9 heteroatoms. The third kappa shape index (κ3) is 3.91. The molecule has 0 unspecified atom stereocenters. The van der Waals surface area contributed by atoms with E-state index in [2.05, 4.69) is 15.4 Å². The van der Waals surface area contributed by atoms with E-state index in [0.717, 1.165) is 30.5 Å². The van der Waals surface area contributed by atoms with Crippen LogP contribution in [0.3, 0.4) is 0 Å². The summed E-state index contributed by atoms with van der Waals surface area (Å²) in [4.78, 5) is 22.1. The van der Waals surface area contributed by atoms with Crippen molar-refractivity contribution in [2.75, 3.05) is 27.4 Å². The molecule has 3 aromatic rings. The molecule has 9 nitrogen and oxygen atoms in total. The smallest absolute Gasteiger partial charge is 0.255 e. The lowest BCUT2D eigenvalue weighted by Crippen LogP contribution is -2.35. The van der Waals surface area contributed by atoms with Gasteiger partial charge in [0.25, 0.3) is 11.9 Å². The number of ether oxygens (including phenoxy) is 3. The highest BCUT2D eigenvalue weighted by Crippen LogP contribution is 2.42. The molecule has 1 aromatic carbocycles. The number of amides is 1. The summed E-state index contributed by atoms with van der Waals surface area (Å²) in [5.74, 6) is 1.94. The molecule has 2 aromatic heterocycles. The Hall–Kier alpha value is -3.46. The highest BCUT2D eigenvalue weighted by molar-refractivity contribution is 5.95. The maximum absolute atomic E-state index is 12.9. The largest absolute Gasteiger partial charge is 0.497 e. The van der Waals surface area contributed by atoms with Crippen LogP contribution < -0.4 is 14.8 Å². The molecule has 1 atom stereocenters. The van der Waals surface area contributed by atoms with Crippen molar-refractivity contribution < 1.29 is 19.0 Å². The average Bonchev–Trinajstić information content (AvgIpc) is 3.35. The van der Waals surface area contributed by atoms with Gasteiger partial charge in [0.2, 0.25) is 0 Å². The highest BCUT2D eigenvalue weighted by Gasteiger charge is 2.34. The molecule has 1 aliphatic heterocycles. The van der Waals surface area contributed by atoms with Gasteiger partial charge in [-0.25, -0.2) is 14.6 Å². The van der Waals surface area contributed by atoms with Crippen molar-refractivity contribution in [3.8, 4) is 28.7 Å². The molecule has 0 spiro atoms. The number of benzene rings is 1. The van der Waals surface area contributed by atoms with Crippen molar-refractivity contribution in [3.63, 3.8) is 0 Å². The van der Waals surface area contributed by atoms with E-state index in [4.69, 9.17) is 19.2 Å². The van der Waals surface area contributed by atoms with Crippen LogP contribution in [0.15, 0.2) is 36.7 Å². The monoisotopic (exact) mass is 435 g/mol. The van der Waals surface area contributed by atoms with Gasteiger partial charge < -0.3 is 19.5 Å². The van der Waals surface area contributed by atoms with Crippen LogP contribution >= 0.6 is 0 Å². The molecular weight excluding hydrogens is 410 g/mol. The number of hydrogen-bond acceptors (Lipinski definition) is 7. The van der Waals surface area contributed by atoms with Crippen molar-refractivity contribution in [1.29, 1.82) is 0 Å². The SMILES string of the molecule is COc1ccc(OC)c(-c2ccnc(-n3ncc(C(=O)N[C@@H]4CCOC4)c3C3CC3)n2)c1. The molecule has 2 aliphatic rings. The van der Waals surface area contributed by atoms with E-state index in [1.54, 1.807) is 31.3 Å². The van der Waals surface area contributed by atoms with Crippen LogP contribution in [-0.4, -0.2) is 59.1 Å². The molecule has 1 saturated heterocycles. The Morgan fingerprint density at radius 1 is 1.19 bits per heavy atom. The zero-order valence-electron chi connectivity index (χ0n) is 18.1. The van der Waals surface area contributed by atoms with Crippen LogP contribution in [-0.2, 0) is 4.74 Å². The summed E-state index contributed by atoms with van der Waals surface area (Å²) in [6, 6.07) is 7.41.